The maximum absolute atomic E-state index is 10.1. The molecule has 3 aromatic rings. The maximum atomic E-state index is 10.1. The molecule has 0 unspecified atom stereocenters. The minimum absolute atomic E-state index is 0.0424. The van der Waals surface area contributed by atoms with Crippen LogP contribution in [0.2, 0.25) is 0 Å². The Morgan fingerprint density at radius 1 is 0.696 bits per heavy atom. The molecule has 0 aliphatic heterocycles. The lowest BCUT2D eigenvalue weighted by molar-refractivity contribution is -0.378. The van der Waals surface area contributed by atoms with E-state index in [0.29, 0.717) is 0 Å². The van der Waals surface area contributed by atoms with E-state index in [1.54, 1.807) is 18.2 Å². The topological polar surface area (TPSA) is 101 Å². The predicted octanol–water partition coefficient (Wildman–Crippen LogP) is 0.895. The van der Waals surface area contributed by atoms with E-state index in [4.69, 9.17) is 0 Å². The zero-order valence-electron chi connectivity index (χ0n) is 12.2. The van der Waals surface area contributed by atoms with Crippen LogP contribution in [0.15, 0.2) is 91.5 Å². The Kier molecular flexibility index (Phi) is 8.93. The van der Waals surface area contributed by atoms with Crippen LogP contribution in [0.3, 0.4) is 0 Å². The molecule has 0 aliphatic rings. The number of H-pyrrole nitrogens is 2. The van der Waals surface area contributed by atoms with Gasteiger partial charge in [-0.3, -0.25) is 0 Å². The number of phosphoric ester groups is 1. The van der Waals surface area contributed by atoms with Gasteiger partial charge in [-0.15, -0.1) is 0 Å². The fraction of sp³-hybridized carbons (Fsp3) is 0. The van der Waals surface area contributed by atoms with Crippen molar-refractivity contribution in [3.8, 4) is 5.75 Å². The molecule has 23 heavy (non-hydrogen) atoms. The summed E-state index contributed by atoms with van der Waals surface area (Å²) in [6.07, 6.45) is 7.50. The van der Waals surface area contributed by atoms with E-state index in [0.717, 1.165) is 0 Å². The summed E-state index contributed by atoms with van der Waals surface area (Å²) in [7, 11) is -4.89. The standard InChI is InChI=1S/C6H7O4P.2C5H5N/c7-11(8,9)10-6-4-2-1-3-5-6;2*1-2-4-6-5-3-1/h1-5H,(H2,7,8,9);2*1-5H. The van der Waals surface area contributed by atoms with Crippen LogP contribution >= 0.6 is 7.82 Å². The number of nitrogens with one attached hydrogen (secondary N) is 2. The average molecular weight is 332 g/mol. The molecule has 0 spiro atoms. The van der Waals surface area contributed by atoms with Crippen molar-refractivity contribution >= 4 is 7.82 Å². The van der Waals surface area contributed by atoms with Crippen LogP contribution in [-0.4, -0.2) is 0 Å². The Hall–Kier alpha value is -2.53. The Labute approximate surface area is 134 Å². The van der Waals surface area contributed by atoms with Crippen molar-refractivity contribution in [1.29, 1.82) is 0 Å². The van der Waals surface area contributed by atoms with E-state index < -0.39 is 7.82 Å². The average Bonchev–Trinajstić information content (AvgIpc) is 2.59. The van der Waals surface area contributed by atoms with Crippen molar-refractivity contribution in [3.63, 3.8) is 0 Å². The first-order valence-corrected chi connectivity index (χ1v) is 8.13. The second-order valence-electron chi connectivity index (χ2n) is 4.01. The third-order valence-electron chi connectivity index (χ3n) is 2.17. The highest BCUT2D eigenvalue weighted by Crippen LogP contribution is 2.28. The Morgan fingerprint density at radius 2 is 1.09 bits per heavy atom. The van der Waals surface area contributed by atoms with Gasteiger partial charge in [-0.2, -0.15) is 0 Å². The summed E-state index contributed by atoms with van der Waals surface area (Å²) < 4.78 is 14.1. The van der Waals surface area contributed by atoms with E-state index in [1.807, 2.05) is 61.2 Å². The molecule has 1 aromatic carbocycles. The van der Waals surface area contributed by atoms with Crippen molar-refractivity contribution in [2.45, 2.75) is 0 Å². The van der Waals surface area contributed by atoms with Gasteiger partial charge in [0.15, 0.2) is 24.8 Å². The molecule has 2 N–H and O–H groups in total. The van der Waals surface area contributed by atoms with Crippen LogP contribution in [0.1, 0.15) is 0 Å². The lowest BCUT2D eigenvalue weighted by Gasteiger charge is -2.28. The van der Waals surface area contributed by atoms with Gasteiger partial charge in [0, 0.05) is 24.3 Å². The molecule has 0 aliphatic carbocycles. The van der Waals surface area contributed by atoms with Crippen LogP contribution in [0.4, 0.5) is 0 Å². The molecule has 7 heteroatoms. The minimum Gasteiger partial charge on any atom is -0.780 e. The first-order chi connectivity index (χ1) is 11.1. The van der Waals surface area contributed by atoms with Crippen LogP contribution in [0, 0.1) is 0 Å². The summed E-state index contributed by atoms with van der Waals surface area (Å²) in [6, 6.07) is 19.3. The van der Waals surface area contributed by atoms with Gasteiger partial charge in [0.25, 0.3) is 0 Å². The molecule has 2 heterocycles. The smallest absolute Gasteiger partial charge is 0.166 e. The number of rotatable bonds is 2. The molecule has 2 aromatic heterocycles. The Morgan fingerprint density at radius 3 is 1.35 bits per heavy atom. The van der Waals surface area contributed by atoms with Gasteiger partial charge in [-0.1, -0.05) is 30.3 Å². The zero-order valence-corrected chi connectivity index (χ0v) is 13.1. The van der Waals surface area contributed by atoms with Crippen molar-refractivity contribution in [3.05, 3.63) is 91.5 Å². The highest BCUT2D eigenvalue weighted by Gasteiger charge is 1.92. The molecule has 120 valence electrons. The second-order valence-corrected chi connectivity index (χ2v) is 5.08. The van der Waals surface area contributed by atoms with Crippen molar-refractivity contribution < 1.29 is 28.8 Å². The molecule has 0 bridgehead atoms. The Bertz CT molecular complexity index is 579. The summed E-state index contributed by atoms with van der Waals surface area (Å²) in [4.78, 5) is 25.9. The summed E-state index contributed by atoms with van der Waals surface area (Å²) in [5, 5.41) is 0. The van der Waals surface area contributed by atoms with Gasteiger partial charge < -0.3 is 18.9 Å². The number of hydrogen-bond acceptors (Lipinski definition) is 4. The second kappa shape index (κ2) is 11.1. The summed E-state index contributed by atoms with van der Waals surface area (Å²) >= 11 is 0. The molecule has 0 atom stereocenters. The molecular formula is C16H17N2O4P. The fourth-order valence-corrected chi connectivity index (χ4v) is 1.67. The number of aromatic amines is 2. The van der Waals surface area contributed by atoms with E-state index in [1.165, 1.54) is 12.1 Å². The molecule has 0 saturated heterocycles. The van der Waals surface area contributed by atoms with Crippen LogP contribution in [0.5, 0.6) is 5.75 Å². The normalized spacial score (nSPS) is 9.48. The number of benzene rings is 1. The van der Waals surface area contributed by atoms with Crippen LogP contribution in [-0.2, 0) is 4.57 Å². The van der Waals surface area contributed by atoms with Crippen LogP contribution in [0.25, 0.3) is 0 Å². The minimum atomic E-state index is -4.89. The first-order valence-electron chi connectivity index (χ1n) is 6.67. The van der Waals surface area contributed by atoms with Crippen molar-refractivity contribution in [2.75, 3.05) is 0 Å². The Balaban J connectivity index is 0.000000187. The lowest BCUT2D eigenvalue weighted by Crippen LogP contribution is -2.18. The van der Waals surface area contributed by atoms with Gasteiger partial charge >= 0.3 is 0 Å². The maximum Gasteiger partial charge on any atom is 0.166 e. The fourth-order valence-electron chi connectivity index (χ4n) is 1.29. The molecule has 6 nitrogen and oxygen atoms in total. The van der Waals surface area contributed by atoms with Gasteiger partial charge in [-0.25, -0.2) is 9.97 Å². The lowest BCUT2D eigenvalue weighted by atomic mass is 10.3. The van der Waals surface area contributed by atoms with Gasteiger partial charge in [0.1, 0.15) is 13.6 Å². The van der Waals surface area contributed by atoms with Gasteiger partial charge in [0.05, 0.1) is 0 Å². The third-order valence-corrected chi connectivity index (χ3v) is 2.61. The van der Waals surface area contributed by atoms with E-state index >= 15 is 0 Å². The number of aromatic nitrogens is 2. The largest absolute Gasteiger partial charge is 0.780 e. The molecule has 0 fully saturated rings. The van der Waals surface area contributed by atoms with Crippen molar-refractivity contribution in [1.82, 2.24) is 0 Å². The van der Waals surface area contributed by atoms with E-state index in [2.05, 4.69) is 14.5 Å². The quantitative estimate of drug-likeness (QED) is 0.651. The highest BCUT2D eigenvalue weighted by molar-refractivity contribution is 7.43. The predicted molar refractivity (Wildman–Crippen MR) is 80.7 cm³/mol. The van der Waals surface area contributed by atoms with Gasteiger partial charge in [-0.05, 0) is 12.1 Å². The SMILES string of the molecule is O=P([O-])([O-])Oc1ccccc1.c1cc[nH+]cc1.c1cc[nH+]cc1. The number of pyridine rings is 2. The highest BCUT2D eigenvalue weighted by atomic mass is 31.2. The molecular weight excluding hydrogens is 315 g/mol. The number of hydrogen-bond donors (Lipinski definition) is 0. The van der Waals surface area contributed by atoms with Crippen LogP contribution < -0.4 is 24.3 Å². The summed E-state index contributed by atoms with van der Waals surface area (Å²) in [6.45, 7) is 0. The van der Waals surface area contributed by atoms with Gasteiger partial charge in [0.2, 0.25) is 0 Å². The van der Waals surface area contributed by atoms with E-state index in [-0.39, 0.29) is 5.75 Å². The molecule has 0 saturated carbocycles. The third kappa shape index (κ3) is 11.8. The van der Waals surface area contributed by atoms with Crippen molar-refractivity contribution in [2.24, 2.45) is 0 Å². The first kappa shape index (κ1) is 18.5. The molecule has 0 radical (unpaired) electrons. The van der Waals surface area contributed by atoms with E-state index in [9.17, 15) is 14.4 Å². The zero-order chi connectivity index (χ0) is 16.8. The molecule has 3 rings (SSSR count). The monoisotopic (exact) mass is 332 g/mol. The number of para-hydroxylation sites is 1. The summed E-state index contributed by atoms with van der Waals surface area (Å²) in [5.41, 5.74) is 0. The number of phosphoric acid groups is 1. The molecule has 0 amide bonds. The summed E-state index contributed by atoms with van der Waals surface area (Å²) in [5.74, 6) is 0.0424.